The molecule has 2 aromatic carbocycles. The minimum atomic E-state index is -0.435. The first kappa shape index (κ1) is 18.4. The summed E-state index contributed by atoms with van der Waals surface area (Å²) >= 11 is 0. The average molecular weight is 403 g/mol. The van der Waals surface area contributed by atoms with Gasteiger partial charge in [-0.25, -0.2) is 9.78 Å². The molecule has 1 aliphatic heterocycles. The van der Waals surface area contributed by atoms with Crippen LogP contribution >= 0.6 is 0 Å². The minimum absolute atomic E-state index is 0.0248. The highest BCUT2D eigenvalue weighted by molar-refractivity contribution is 6.22. The standard InChI is InChI=1S/C22H21N5O3/c28-20-16-8-6-13(10-17(16)21(29)27(20)15-4-2-1-3-5-15)25-22(30)26-14-7-9-18-19(11-14)24-12-23-18/h6-12,15H,1-5H2,(H,23,24)(H2,25,26,30). The van der Waals surface area contributed by atoms with Crippen LogP contribution < -0.4 is 10.6 Å². The van der Waals surface area contributed by atoms with Crippen molar-refractivity contribution in [2.45, 2.75) is 38.1 Å². The van der Waals surface area contributed by atoms with Gasteiger partial charge in [-0.15, -0.1) is 0 Å². The Morgan fingerprint density at radius 1 is 0.933 bits per heavy atom. The highest BCUT2D eigenvalue weighted by atomic mass is 16.2. The first-order valence-corrected chi connectivity index (χ1v) is 10.1. The third kappa shape index (κ3) is 3.20. The molecular formula is C22H21N5O3. The summed E-state index contributed by atoms with van der Waals surface area (Å²) in [5, 5.41) is 5.49. The maximum Gasteiger partial charge on any atom is 0.323 e. The molecule has 0 saturated heterocycles. The largest absolute Gasteiger partial charge is 0.345 e. The molecule has 152 valence electrons. The van der Waals surface area contributed by atoms with Crippen molar-refractivity contribution in [3.05, 3.63) is 53.9 Å². The molecule has 8 nitrogen and oxygen atoms in total. The summed E-state index contributed by atoms with van der Waals surface area (Å²) < 4.78 is 0. The molecule has 0 spiro atoms. The number of anilines is 2. The molecule has 2 aliphatic rings. The molecule has 3 N–H and O–H groups in total. The number of amides is 4. The second-order valence-corrected chi connectivity index (χ2v) is 7.75. The summed E-state index contributed by atoms with van der Waals surface area (Å²) in [5.74, 6) is -0.499. The Balaban J connectivity index is 1.31. The zero-order valence-corrected chi connectivity index (χ0v) is 16.3. The number of H-pyrrole nitrogens is 1. The number of hydrogen-bond donors (Lipinski definition) is 3. The van der Waals surface area contributed by atoms with Gasteiger partial charge in [-0.1, -0.05) is 19.3 Å². The normalized spacial score (nSPS) is 16.7. The van der Waals surface area contributed by atoms with E-state index in [9.17, 15) is 14.4 Å². The molecule has 3 aromatic rings. The number of nitrogens with one attached hydrogen (secondary N) is 3. The topological polar surface area (TPSA) is 107 Å². The number of urea groups is 1. The number of carbonyl (C=O) groups excluding carboxylic acids is 3. The third-order valence-electron chi connectivity index (χ3n) is 5.79. The second kappa shape index (κ2) is 7.29. The Bertz CT molecular complexity index is 1160. The molecule has 8 heteroatoms. The Kier molecular flexibility index (Phi) is 4.46. The van der Waals surface area contributed by atoms with E-state index < -0.39 is 6.03 Å². The smallest absolute Gasteiger partial charge is 0.323 e. The van der Waals surface area contributed by atoms with E-state index in [-0.39, 0.29) is 17.9 Å². The number of aromatic amines is 1. The lowest BCUT2D eigenvalue weighted by Crippen LogP contribution is -2.40. The molecule has 2 heterocycles. The molecular weight excluding hydrogens is 382 g/mol. The number of benzene rings is 2. The number of carbonyl (C=O) groups is 3. The summed E-state index contributed by atoms with van der Waals surface area (Å²) in [7, 11) is 0. The third-order valence-corrected chi connectivity index (χ3v) is 5.79. The number of imidazole rings is 1. The van der Waals surface area contributed by atoms with Crippen LogP contribution in [0.15, 0.2) is 42.7 Å². The molecule has 1 aromatic heterocycles. The summed E-state index contributed by atoms with van der Waals surface area (Å²) in [4.78, 5) is 46.6. The van der Waals surface area contributed by atoms with Gasteiger partial charge in [0.25, 0.3) is 11.8 Å². The van der Waals surface area contributed by atoms with Crippen LogP contribution in [0, 0.1) is 0 Å². The van der Waals surface area contributed by atoms with E-state index in [0.29, 0.717) is 22.5 Å². The Morgan fingerprint density at radius 3 is 2.43 bits per heavy atom. The van der Waals surface area contributed by atoms with Crippen LogP contribution in [0.2, 0.25) is 0 Å². The number of aromatic nitrogens is 2. The molecule has 0 bridgehead atoms. The van der Waals surface area contributed by atoms with Gasteiger partial charge in [-0.05, 0) is 49.2 Å². The molecule has 5 rings (SSSR count). The maximum atomic E-state index is 12.9. The second-order valence-electron chi connectivity index (χ2n) is 7.75. The van der Waals surface area contributed by atoms with Crippen LogP contribution in [-0.2, 0) is 0 Å². The zero-order chi connectivity index (χ0) is 20.7. The fraction of sp³-hybridized carbons (Fsp3) is 0.273. The van der Waals surface area contributed by atoms with Gasteiger partial charge >= 0.3 is 6.03 Å². The highest BCUT2D eigenvalue weighted by Crippen LogP contribution is 2.32. The van der Waals surface area contributed by atoms with E-state index in [0.717, 1.165) is 43.1 Å². The van der Waals surface area contributed by atoms with Gasteiger partial charge in [-0.2, -0.15) is 0 Å². The van der Waals surface area contributed by atoms with Crippen molar-refractivity contribution in [3.8, 4) is 0 Å². The Hall–Kier alpha value is -3.68. The fourth-order valence-corrected chi connectivity index (χ4v) is 4.31. The molecule has 0 atom stereocenters. The summed E-state index contributed by atoms with van der Waals surface area (Å²) in [6.45, 7) is 0. The summed E-state index contributed by atoms with van der Waals surface area (Å²) in [6, 6.07) is 9.73. The van der Waals surface area contributed by atoms with Crippen molar-refractivity contribution in [2.24, 2.45) is 0 Å². The fourth-order valence-electron chi connectivity index (χ4n) is 4.31. The average Bonchev–Trinajstić information content (AvgIpc) is 3.31. The van der Waals surface area contributed by atoms with E-state index in [1.165, 1.54) is 4.90 Å². The summed E-state index contributed by atoms with van der Waals surface area (Å²) in [6.07, 6.45) is 6.54. The van der Waals surface area contributed by atoms with Crippen LogP contribution in [-0.4, -0.2) is 38.8 Å². The van der Waals surface area contributed by atoms with Gasteiger partial charge in [0.1, 0.15) is 0 Å². The van der Waals surface area contributed by atoms with E-state index in [2.05, 4.69) is 20.6 Å². The lowest BCUT2D eigenvalue weighted by molar-refractivity contribution is 0.0549. The highest BCUT2D eigenvalue weighted by Gasteiger charge is 2.40. The van der Waals surface area contributed by atoms with Crippen LogP contribution in [0.25, 0.3) is 11.0 Å². The predicted octanol–water partition coefficient (Wildman–Crippen LogP) is 4.14. The van der Waals surface area contributed by atoms with Gasteiger partial charge in [0.2, 0.25) is 0 Å². The van der Waals surface area contributed by atoms with Crippen LogP contribution in [0.3, 0.4) is 0 Å². The SMILES string of the molecule is O=C(Nc1ccc2c(c1)C(=O)N(C1CCCCC1)C2=O)Nc1ccc2nc[nH]c2c1. The van der Waals surface area contributed by atoms with Crippen LogP contribution in [0.1, 0.15) is 52.8 Å². The Labute approximate surface area is 172 Å². The number of hydrogen-bond acceptors (Lipinski definition) is 4. The number of nitrogens with zero attached hydrogens (tertiary/aromatic N) is 2. The zero-order valence-electron chi connectivity index (χ0n) is 16.3. The lowest BCUT2D eigenvalue weighted by atomic mass is 9.94. The van der Waals surface area contributed by atoms with Crippen molar-refractivity contribution in [1.29, 1.82) is 0 Å². The monoisotopic (exact) mass is 403 g/mol. The van der Waals surface area contributed by atoms with Gasteiger partial charge in [0.05, 0.1) is 28.5 Å². The van der Waals surface area contributed by atoms with Crippen molar-refractivity contribution < 1.29 is 14.4 Å². The van der Waals surface area contributed by atoms with Gasteiger partial charge in [-0.3, -0.25) is 14.5 Å². The molecule has 1 fully saturated rings. The molecule has 1 aliphatic carbocycles. The molecule has 0 unspecified atom stereocenters. The van der Waals surface area contributed by atoms with E-state index in [4.69, 9.17) is 0 Å². The first-order valence-electron chi connectivity index (χ1n) is 10.1. The summed E-state index contributed by atoms with van der Waals surface area (Å²) in [5.41, 5.74) is 3.45. The maximum absolute atomic E-state index is 12.9. The van der Waals surface area contributed by atoms with Crippen LogP contribution in [0.4, 0.5) is 16.2 Å². The van der Waals surface area contributed by atoms with Gasteiger partial charge < -0.3 is 15.6 Å². The van der Waals surface area contributed by atoms with E-state index in [1.807, 2.05) is 0 Å². The molecule has 0 radical (unpaired) electrons. The van der Waals surface area contributed by atoms with Crippen molar-refractivity contribution in [3.63, 3.8) is 0 Å². The van der Waals surface area contributed by atoms with Gasteiger partial charge in [0.15, 0.2) is 0 Å². The van der Waals surface area contributed by atoms with Crippen molar-refractivity contribution >= 4 is 40.3 Å². The minimum Gasteiger partial charge on any atom is -0.345 e. The molecule has 30 heavy (non-hydrogen) atoms. The number of fused-ring (bicyclic) bond motifs is 2. The number of imide groups is 1. The predicted molar refractivity (Wildman–Crippen MR) is 113 cm³/mol. The van der Waals surface area contributed by atoms with Gasteiger partial charge in [0, 0.05) is 17.4 Å². The van der Waals surface area contributed by atoms with E-state index in [1.54, 1.807) is 42.7 Å². The quantitative estimate of drug-likeness (QED) is 0.571. The molecule has 1 saturated carbocycles. The Morgan fingerprint density at radius 2 is 1.63 bits per heavy atom. The lowest BCUT2D eigenvalue weighted by Gasteiger charge is -2.29. The van der Waals surface area contributed by atoms with Crippen LogP contribution in [0.5, 0.6) is 0 Å². The number of rotatable bonds is 3. The van der Waals surface area contributed by atoms with Crippen molar-refractivity contribution in [2.75, 3.05) is 10.6 Å². The molecule has 4 amide bonds. The van der Waals surface area contributed by atoms with E-state index >= 15 is 0 Å². The van der Waals surface area contributed by atoms with Crippen molar-refractivity contribution in [1.82, 2.24) is 14.9 Å². The first-order chi connectivity index (χ1) is 14.6.